The SMILES string of the molecule is COc1ccc(-c2c(-c3ccc(C#N)c(F)c3)nc(N3CC[CH]CC3)n3ccnc23)cc1OCc1ccccc1. The first-order chi connectivity index (χ1) is 19.7. The zero-order valence-corrected chi connectivity index (χ0v) is 22.0. The van der Waals surface area contributed by atoms with E-state index in [1.807, 2.05) is 65.2 Å². The molecule has 0 atom stereocenters. The molecule has 1 saturated heterocycles. The topological polar surface area (TPSA) is 75.7 Å². The number of halogens is 1. The second kappa shape index (κ2) is 11.1. The predicted molar refractivity (Wildman–Crippen MR) is 152 cm³/mol. The molecule has 0 unspecified atom stereocenters. The normalized spacial score (nSPS) is 13.3. The van der Waals surface area contributed by atoms with Crippen LogP contribution in [0.25, 0.3) is 28.0 Å². The van der Waals surface area contributed by atoms with Gasteiger partial charge in [-0.15, -0.1) is 0 Å². The Kier molecular flexibility index (Phi) is 7.02. The van der Waals surface area contributed by atoms with Crippen LogP contribution in [0.5, 0.6) is 11.5 Å². The molecule has 5 aromatic rings. The number of fused-ring (bicyclic) bond motifs is 1. The number of piperidine rings is 1. The van der Waals surface area contributed by atoms with E-state index in [0.29, 0.717) is 35.0 Å². The van der Waals surface area contributed by atoms with E-state index >= 15 is 0 Å². The average molecular weight is 533 g/mol. The van der Waals surface area contributed by atoms with E-state index < -0.39 is 5.82 Å². The van der Waals surface area contributed by atoms with Crippen molar-refractivity contribution < 1.29 is 13.9 Å². The Hall–Kier alpha value is -4.90. The van der Waals surface area contributed by atoms with Crippen molar-refractivity contribution in [2.24, 2.45) is 0 Å². The third kappa shape index (κ3) is 4.82. The lowest BCUT2D eigenvalue weighted by molar-refractivity contribution is 0.284. The number of benzene rings is 3. The van der Waals surface area contributed by atoms with Crippen molar-refractivity contribution in [3.63, 3.8) is 0 Å². The molecule has 3 heterocycles. The van der Waals surface area contributed by atoms with Gasteiger partial charge in [0.15, 0.2) is 11.5 Å². The molecular weight excluding hydrogens is 505 g/mol. The summed E-state index contributed by atoms with van der Waals surface area (Å²) in [5.41, 5.74) is 4.37. The van der Waals surface area contributed by atoms with Crippen LogP contribution in [0.3, 0.4) is 0 Å². The lowest BCUT2D eigenvalue weighted by Crippen LogP contribution is -2.32. The van der Waals surface area contributed by atoms with Crippen molar-refractivity contribution in [2.45, 2.75) is 19.4 Å². The average Bonchev–Trinajstić information content (AvgIpc) is 3.50. The highest BCUT2D eigenvalue weighted by molar-refractivity contribution is 5.91. The van der Waals surface area contributed by atoms with E-state index in [9.17, 15) is 9.65 Å². The number of imidazole rings is 1. The zero-order valence-electron chi connectivity index (χ0n) is 22.0. The highest BCUT2D eigenvalue weighted by atomic mass is 19.1. The molecule has 0 saturated carbocycles. The molecule has 3 aromatic carbocycles. The Morgan fingerprint density at radius 3 is 2.52 bits per heavy atom. The number of nitrogens with zero attached hydrogens (tertiary/aromatic N) is 5. The largest absolute Gasteiger partial charge is 0.493 e. The molecule has 2 aromatic heterocycles. The third-order valence-corrected chi connectivity index (χ3v) is 7.07. The second-order valence-corrected chi connectivity index (χ2v) is 9.56. The van der Waals surface area contributed by atoms with Crippen molar-refractivity contribution in [1.29, 1.82) is 5.26 Å². The van der Waals surface area contributed by atoms with Gasteiger partial charge in [0.05, 0.1) is 23.9 Å². The van der Waals surface area contributed by atoms with Gasteiger partial charge in [0.1, 0.15) is 24.1 Å². The Bertz CT molecular complexity index is 1700. The molecular formula is C32H27FN5O2. The van der Waals surface area contributed by atoms with Gasteiger partial charge in [-0.25, -0.2) is 14.4 Å². The number of anilines is 1. The number of rotatable bonds is 7. The Balaban J connectivity index is 1.53. The minimum Gasteiger partial charge on any atom is -0.493 e. The van der Waals surface area contributed by atoms with Gasteiger partial charge in [-0.2, -0.15) is 5.26 Å². The van der Waals surface area contributed by atoms with E-state index in [1.165, 1.54) is 12.1 Å². The maximum absolute atomic E-state index is 14.9. The van der Waals surface area contributed by atoms with Gasteiger partial charge in [-0.3, -0.25) is 4.40 Å². The van der Waals surface area contributed by atoms with Crippen LogP contribution in [-0.4, -0.2) is 34.6 Å². The van der Waals surface area contributed by atoms with Gasteiger partial charge in [0, 0.05) is 31.0 Å². The van der Waals surface area contributed by atoms with Crippen molar-refractivity contribution in [2.75, 3.05) is 25.1 Å². The number of hydrogen-bond acceptors (Lipinski definition) is 6. The van der Waals surface area contributed by atoms with Gasteiger partial charge in [-0.1, -0.05) is 42.5 Å². The van der Waals surface area contributed by atoms with Crippen LogP contribution in [0.15, 0.2) is 79.1 Å². The minimum atomic E-state index is -0.591. The number of nitriles is 1. The number of hydrogen-bond donors (Lipinski definition) is 0. The maximum Gasteiger partial charge on any atom is 0.211 e. The van der Waals surface area contributed by atoms with Gasteiger partial charge >= 0.3 is 0 Å². The van der Waals surface area contributed by atoms with E-state index in [1.54, 1.807) is 19.4 Å². The molecule has 6 rings (SSSR count). The first-order valence-corrected chi connectivity index (χ1v) is 13.1. The maximum atomic E-state index is 14.9. The fourth-order valence-corrected chi connectivity index (χ4v) is 5.05. The van der Waals surface area contributed by atoms with Crippen molar-refractivity contribution in [3.8, 4) is 40.0 Å². The van der Waals surface area contributed by atoms with Crippen LogP contribution in [0.4, 0.5) is 10.3 Å². The Morgan fingerprint density at radius 1 is 0.975 bits per heavy atom. The Morgan fingerprint density at radius 2 is 1.77 bits per heavy atom. The summed E-state index contributed by atoms with van der Waals surface area (Å²) in [6, 6.07) is 22.1. The summed E-state index contributed by atoms with van der Waals surface area (Å²) in [6.07, 6.45) is 7.85. The number of ether oxygens (including phenoxy) is 2. The molecule has 0 N–H and O–H groups in total. The van der Waals surface area contributed by atoms with Crippen LogP contribution in [0.2, 0.25) is 0 Å². The summed E-state index contributed by atoms with van der Waals surface area (Å²) in [4.78, 5) is 12.1. The Labute approximate surface area is 232 Å². The second-order valence-electron chi connectivity index (χ2n) is 9.56. The molecule has 40 heavy (non-hydrogen) atoms. The fraction of sp³-hybridized carbons (Fsp3) is 0.188. The van der Waals surface area contributed by atoms with Gasteiger partial charge in [0.25, 0.3) is 0 Å². The fourth-order valence-electron chi connectivity index (χ4n) is 5.05. The molecule has 0 amide bonds. The molecule has 199 valence electrons. The predicted octanol–water partition coefficient (Wildman–Crippen LogP) is 6.47. The van der Waals surface area contributed by atoms with Crippen molar-refractivity contribution in [3.05, 3.63) is 102 Å². The highest BCUT2D eigenvalue weighted by Gasteiger charge is 2.24. The van der Waals surface area contributed by atoms with E-state index in [2.05, 4.69) is 11.3 Å². The smallest absolute Gasteiger partial charge is 0.211 e. The molecule has 0 aliphatic carbocycles. The summed E-state index contributed by atoms with van der Waals surface area (Å²) < 4.78 is 28.7. The highest BCUT2D eigenvalue weighted by Crippen LogP contribution is 2.40. The quantitative estimate of drug-likeness (QED) is 0.239. The van der Waals surface area contributed by atoms with Gasteiger partial charge < -0.3 is 14.4 Å². The van der Waals surface area contributed by atoms with E-state index in [4.69, 9.17) is 19.4 Å². The summed E-state index contributed by atoms with van der Waals surface area (Å²) >= 11 is 0. The molecule has 0 spiro atoms. The van der Waals surface area contributed by atoms with Gasteiger partial charge in [-0.05, 0) is 54.7 Å². The molecule has 1 fully saturated rings. The van der Waals surface area contributed by atoms with Crippen molar-refractivity contribution in [1.82, 2.24) is 14.4 Å². The molecule has 0 bridgehead atoms. The van der Waals surface area contributed by atoms with Crippen LogP contribution in [-0.2, 0) is 6.61 Å². The minimum absolute atomic E-state index is 0.0139. The van der Waals surface area contributed by atoms with Crippen LogP contribution in [0, 0.1) is 23.6 Å². The van der Waals surface area contributed by atoms with Crippen LogP contribution < -0.4 is 14.4 Å². The summed E-state index contributed by atoms with van der Waals surface area (Å²) in [5.74, 6) is 1.32. The zero-order chi connectivity index (χ0) is 27.5. The van der Waals surface area contributed by atoms with Crippen LogP contribution in [0.1, 0.15) is 24.0 Å². The molecule has 1 aliphatic rings. The summed E-state index contributed by atoms with van der Waals surface area (Å²) in [5, 5.41) is 9.30. The van der Waals surface area contributed by atoms with Crippen LogP contribution >= 0.6 is 0 Å². The lowest BCUT2D eigenvalue weighted by atomic mass is 9.98. The molecule has 7 nitrogen and oxygen atoms in total. The summed E-state index contributed by atoms with van der Waals surface area (Å²) in [6.45, 7) is 2.04. The summed E-state index contributed by atoms with van der Waals surface area (Å²) in [7, 11) is 1.61. The third-order valence-electron chi connectivity index (χ3n) is 7.07. The monoisotopic (exact) mass is 532 g/mol. The first-order valence-electron chi connectivity index (χ1n) is 13.1. The van der Waals surface area contributed by atoms with E-state index in [-0.39, 0.29) is 5.56 Å². The van der Waals surface area contributed by atoms with E-state index in [0.717, 1.165) is 48.6 Å². The number of methoxy groups -OCH3 is 1. The lowest BCUT2D eigenvalue weighted by Gasteiger charge is -2.29. The number of aromatic nitrogens is 3. The standard InChI is InChI=1S/C32H27FN5O2/c1-39-27-13-12-23(19-28(27)40-21-22-8-4-2-5-9-22)29-30(24-10-11-25(20-34)26(33)18-24)36-32(37-15-6-3-7-16-37)38-17-14-35-31(29)38/h2-5,8-14,17-19H,6-7,15-16,21H2,1H3. The molecule has 1 aliphatic heterocycles. The van der Waals surface area contributed by atoms with Gasteiger partial charge in [0.2, 0.25) is 5.95 Å². The first kappa shape index (κ1) is 25.4. The molecule has 1 radical (unpaired) electrons. The van der Waals surface area contributed by atoms with Crippen molar-refractivity contribution >= 4 is 11.6 Å². The molecule has 8 heteroatoms.